The molecule has 1 aliphatic rings. The molecule has 0 aromatic rings. The number of hydrogen-bond acceptors (Lipinski definition) is 3. The molecule has 0 aromatic heterocycles. The summed E-state index contributed by atoms with van der Waals surface area (Å²) in [5.74, 6) is -0.229. The molecule has 0 unspecified atom stereocenters. The van der Waals surface area contributed by atoms with Gasteiger partial charge in [0, 0.05) is 20.0 Å². The van der Waals surface area contributed by atoms with Crippen molar-refractivity contribution >= 4 is 40.7 Å². The van der Waals surface area contributed by atoms with Crippen molar-refractivity contribution in [3.8, 4) is 0 Å². The fraction of sp³-hybridized carbons (Fsp3) is 0.900. The second-order valence-electron chi connectivity index (χ2n) is 4.36. The van der Waals surface area contributed by atoms with Gasteiger partial charge in [0.1, 0.15) is 6.17 Å². The summed E-state index contributed by atoms with van der Waals surface area (Å²) in [5.41, 5.74) is 0. The van der Waals surface area contributed by atoms with Crippen LogP contribution in [0.2, 0.25) is 0 Å². The summed E-state index contributed by atoms with van der Waals surface area (Å²) in [6, 6.07) is 0. The van der Waals surface area contributed by atoms with Crippen LogP contribution in [0.1, 0.15) is 20.8 Å². The minimum absolute atomic E-state index is 0.0439. The van der Waals surface area contributed by atoms with E-state index < -0.39 is 9.96 Å². The van der Waals surface area contributed by atoms with Crippen molar-refractivity contribution in [2.24, 2.45) is 0 Å². The molecule has 0 aromatic carbocycles. The monoisotopic (exact) mass is 302 g/mol. The predicted molar refractivity (Wildman–Crippen MR) is 69.5 cm³/mol. The molecule has 0 spiro atoms. The summed E-state index contributed by atoms with van der Waals surface area (Å²) in [6.45, 7) is 6.53. The van der Waals surface area contributed by atoms with Crippen LogP contribution in [0.4, 0.5) is 0 Å². The van der Waals surface area contributed by atoms with Crippen molar-refractivity contribution in [1.29, 1.82) is 0 Å². The number of carbonyl (C=O) groups is 1. The minimum atomic E-state index is -1.57. The van der Waals surface area contributed by atoms with Crippen molar-refractivity contribution in [3.63, 3.8) is 0 Å². The Labute approximate surface area is 117 Å². The molecule has 1 N–H and O–H groups in total. The first-order valence-electron chi connectivity index (χ1n) is 5.43. The number of rotatable bonds is 2. The molecule has 3 atom stereocenters. The van der Waals surface area contributed by atoms with Crippen LogP contribution in [0.5, 0.6) is 0 Å². The molecule has 1 heterocycles. The maximum Gasteiger partial charge on any atom is 0.223 e. The third-order valence-corrected chi connectivity index (χ3v) is 3.08. The third kappa shape index (κ3) is 4.79. The summed E-state index contributed by atoms with van der Waals surface area (Å²) >= 11 is 17.7. The Hall–Kier alpha value is 0.260. The zero-order chi connectivity index (χ0) is 13.2. The summed E-state index contributed by atoms with van der Waals surface area (Å²) in [6.07, 6.45) is -0.552. The van der Waals surface area contributed by atoms with E-state index in [1.807, 2.05) is 18.7 Å². The van der Waals surface area contributed by atoms with Gasteiger partial charge in [0.05, 0.1) is 12.2 Å². The third-order valence-electron chi connectivity index (χ3n) is 2.46. The predicted octanol–water partition coefficient (Wildman–Crippen LogP) is 1.93. The number of ether oxygens (including phenoxy) is 1. The lowest BCUT2D eigenvalue weighted by Crippen LogP contribution is -2.60. The van der Waals surface area contributed by atoms with Crippen molar-refractivity contribution in [2.45, 2.75) is 42.9 Å². The van der Waals surface area contributed by atoms with Crippen molar-refractivity contribution < 1.29 is 9.53 Å². The molecule has 1 amide bonds. The number of halogens is 3. The summed E-state index contributed by atoms with van der Waals surface area (Å²) in [4.78, 5) is 13.1. The van der Waals surface area contributed by atoms with E-state index in [9.17, 15) is 4.79 Å². The molecular weight excluding hydrogens is 286 g/mol. The molecule has 7 heteroatoms. The lowest BCUT2D eigenvalue weighted by atomic mass is 10.2. The van der Waals surface area contributed by atoms with Gasteiger partial charge in [-0.1, -0.05) is 34.8 Å². The Kier molecular flexibility index (Phi) is 5.35. The highest BCUT2D eigenvalue weighted by molar-refractivity contribution is 6.68. The molecule has 0 saturated carbocycles. The number of amides is 1. The Morgan fingerprint density at radius 3 is 2.18 bits per heavy atom. The normalized spacial score (nSPS) is 28.8. The van der Waals surface area contributed by atoms with Gasteiger partial charge < -0.3 is 10.1 Å². The van der Waals surface area contributed by atoms with Crippen LogP contribution in [-0.4, -0.2) is 46.1 Å². The van der Waals surface area contributed by atoms with Crippen LogP contribution in [0.3, 0.4) is 0 Å². The summed E-state index contributed by atoms with van der Waals surface area (Å²) in [7, 11) is 0. The smallest absolute Gasteiger partial charge is 0.223 e. The number of nitrogens with zero attached hydrogens (tertiary/aromatic N) is 1. The molecule has 0 radical (unpaired) electrons. The number of hydrogen-bond donors (Lipinski definition) is 1. The second kappa shape index (κ2) is 5.93. The molecule has 0 aliphatic carbocycles. The van der Waals surface area contributed by atoms with Crippen LogP contribution in [0.25, 0.3) is 0 Å². The Morgan fingerprint density at radius 1 is 1.35 bits per heavy atom. The first-order valence-corrected chi connectivity index (χ1v) is 6.57. The number of nitrogens with one attached hydrogen (secondary N) is 1. The lowest BCUT2D eigenvalue weighted by molar-refractivity contribution is -0.124. The van der Waals surface area contributed by atoms with Gasteiger partial charge >= 0.3 is 0 Å². The van der Waals surface area contributed by atoms with Gasteiger partial charge in [-0.3, -0.25) is 9.69 Å². The maximum absolute atomic E-state index is 11.2. The van der Waals surface area contributed by atoms with E-state index in [-0.39, 0.29) is 18.1 Å². The molecule has 1 fully saturated rings. The first-order chi connectivity index (χ1) is 7.70. The topological polar surface area (TPSA) is 41.6 Å². The highest BCUT2D eigenvalue weighted by Gasteiger charge is 2.40. The van der Waals surface area contributed by atoms with E-state index in [2.05, 4.69) is 5.32 Å². The molecular formula is C10H17Cl3N2O2. The largest absolute Gasteiger partial charge is 0.373 e. The van der Waals surface area contributed by atoms with Gasteiger partial charge in [-0.15, -0.1) is 0 Å². The van der Waals surface area contributed by atoms with Crippen LogP contribution in [-0.2, 0) is 9.53 Å². The Balaban J connectivity index is 2.78. The van der Waals surface area contributed by atoms with Gasteiger partial charge in [-0.25, -0.2) is 0 Å². The molecule has 1 saturated heterocycles. The van der Waals surface area contributed by atoms with Gasteiger partial charge in [-0.2, -0.15) is 0 Å². The van der Waals surface area contributed by atoms with E-state index in [4.69, 9.17) is 39.5 Å². The SMILES string of the molecule is CC(=O)N[C@H](N1C[C@@H](C)O[C@@H](C)C1)C(Cl)(Cl)Cl. The average molecular weight is 304 g/mol. The number of alkyl halides is 3. The fourth-order valence-corrected chi connectivity index (χ4v) is 2.58. The first kappa shape index (κ1) is 15.3. The molecule has 100 valence electrons. The van der Waals surface area contributed by atoms with E-state index in [1.54, 1.807) is 0 Å². The van der Waals surface area contributed by atoms with E-state index >= 15 is 0 Å². The molecule has 1 rings (SSSR count). The van der Waals surface area contributed by atoms with Gasteiger partial charge in [0.15, 0.2) is 0 Å². The minimum Gasteiger partial charge on any atom is -0.373 e. The zero-order valence-electron chi connectivity index (χ0n) is 10.0. The average Bonchev–Trinajstić information content (AvgIpc) is 2.10. The second-order valence-corrected chi connectivity index (χ2v) is 6.72. The van der Waals surface area contributed by atoms with Gasteiger partial charge in [-0.05, 0) is 13.8 Å². The molecule has 17 heavy (non-hydrogen) atoms. The van der Waals surface area contributed by atoms with Crippen LogP contribution in [0, 0.1) is 0 Å². The number of carbonyl (C=O) groups excluding carboxylic acids is 1. The highest BCUT2D eigenvalue weighted by atomic mass is 35.6. The summed E-state index contributed by atoms with van der Waals surface area (Å²) in [5, 5.41) is 2.67. The quantitative estimate of drug-likeness (QED) is 0.793. The standard InChI is InChI=1S/C10H17Cl3N2O2/c1-6-4-15(5-7(2)17-6)9(10(11,12)13)14-8(3)16/h6-7,9H,4-5H2,1-3H3,(H,14,16)/t6-,7+,9-/m1/s1. The highest BCUT2D eigenvalue weighted by Crippen LogP contribution is 2.33. The Morgan fingerprint density at radius 2 is 1.82 bits per heavy atom. The Bertz CT molecular complexity index is 273. The van der Waals surface area contributed by atoms with E-state index in [0.29, 0.717) is 13.1 Å². The maximum atomic E-state index is 11.2. The van der Waals surface area contributed by atoms with Crippen LogP contribution in [0.15, 0.2) is 0 Å². The van der Waals surface area contributed by atoms with Crippen LogP contribution < -0.4 is 5.32 Å². The lowest BCUT2D eigenvalue weighted by Gasteiger charge is -2.42. The molecule has 1 aliphatic heterocycles. The molecule has 0 bridgehead atoms. The van der Waals surface area contributed by atoms with Crippen LogP contribution >= 0.6 is 34.8 Å². The fourth-order valence-electron chi connectivity index (χ4n) is 2.00. The van der Waals surface area contributed by atoms with E-state index in [0.717, 1.165) is 0 Å². The van der Waals surface area contributed by atoms with Crippen molar-refractivity contribution in [2.75, 3.05) is 13.1 Å². The van der Waals surface area contributed by atoms with E-state index in [1.165, 1.54) is 6.92 Å². The molecule has 4 nitrogen and oxygen atoms in total. The number of morpholine rings is 1. The van der Waals surface area contributed by atoms with Crippen molar-refractivity contribution in [3.05, 3.63) is 0 Å². The van der Waals surface area contributed by atoms with Gasteiger partial charge in [0.25, 0.3) is 0 Å². The summed E-state index contributed by atoms with van der Waals surface area (Å²) < 4.78 is 4.03. The zero-order valence-corrected chi connectivity index (χ0v) is 12.3. The van der Waals surface area contributed by atoms with Gasteiger partial charge in [0.2, 0.25) is 9.70 Å². The van der Waals surface area contributed by atoms with Crippen molar-refractivity contribution in [1.82, 2.24) is 10.2 Å².